The standard InChI is InChI=1S/C25H28N4O5S2/c1-35(31,32)24-7-3-6-22-18(15-28-25(22)24)12-13-27-16-23(30)17-4-2-5-20(14-17)29-36(33,34)21-10-8-19(26)9-11-21/h2-11,14-15,23,27-30H,12-13,16,26H2,1H3/t23-/m0/s1. The van der Waals surface area contributed by atoms with Crippen LogP contribution >= 0.6 is 0 Å². The lowest BCUT2D eigenvalue weighted by atomic mass is 10.1. The van der Waals surface area contributed by atoms with Crippen molar-refractivity contribution >= 4 is 42.1 Å². The number of nitrogen functional groups attached to an aromatic ring is 1. The first-order valence-electron chi connectivity index (χ1n) is 11.2. The Morgan fingerprint density at radius 1 is 1.00 bits per heavy atom. The second-order valence-electron chi connectivity index (χ2n) is 8.53. The average Bonchev–Trinajstić information content (AvgIpc) is 3.24. The first kappa shape index (κ1) is 25.7. The molecule has 0 aliphatic carbocycles. The van der Waals surface area contributed by atoms with Gasteiger partial charge in [0.15, 0.2) is 9.84 Å². The van der Waals surface area contributed by atoms with E-state index >= 15 is 0 Å². The molecule has 0 aliphatic heterocycles. The molecule has 36 heavy (non-hydrogen) atoms. The summed E-state index contributed by atoms with van der Waals surface area (Å²) < 4.78 is 51.8. The van der Waals surface area contributed by atoms with Gasteiger partial charge in [-0.05, 0) is 66.6 Å². The van der Waals surface area contributed by atoms with Crippen molar-refractivity contribution in [3.8, 4) is 0 Å². The Balaban J connectivity index is 1.36. The summed E-state index contributed by atoms with van der Waals surface area (Å²) in [5.41, 5.74) is 8.55. The van der Waals surface area contributed by atoms with E-state index in [-0.39, 0.29) is 16.3 Å². The summed E-state index contributed by atoms with van der Waals surface area (Å²) in [6.07, 6.45) is 2.75. The molecule has 3 aromatic carbocycles. The number of anilines is 2. The van der Waals surface area contributed by atoms with Crippen molar-refractivity contribution in [1.82, 2.24) is 10.3 Å². The monoisotopic (exact) mass is 528 g/mol. The molecule has 0 unspecified atom stereocenters. The second-order valence-corrected chi connectivity index (χ2v) is 12.2. The number of fused-ring (bicyclic) bond motifs is 1. The number of hydrogen-bond acceptors (Lipinski definition) is 7. The summed E-state index contributed by atoms with van der Waals surface area (Å²) in [5.74, 6) is 0. The SMILES string of the molecule is CS(=O)(=O)c1cccc2c(CCNC[C@H](O)c3cccc(NS(=O)(=O)c4ccc(N)cc4)c3)c[nH]c12. The van der Waals surface area contributed by atoms with E-state index in [9.17, 15) is 21.9 Å². The van der Waals surface area contributed by atoms with E-state index in [1.165, 1.54) is 30.5 Å². The smallest absolute Gasteiger partial charge is 0.261 e. The van der Waals surface area contributed by atoms with Gasteiger partial charge in [0.1, 0.15) is 0 Å². The van der Waals surface area contributed by atoms with Crippen LogP contribution in [0.4, 0.5) is 11.4 Å². The zero-order chi connectivity index (χ0) is 25.9. The average molecular weight is 529 g/mol. The van der Waals surface area contributed by atoms with E-state index in [4.69, 9.17) is 5.73 Å². The number of sulfone groups is 1. The van der Waals surface area contributed by atoms with Crippen molar-refractivity contribution in [3.05, 3.63) is 84.1 Å². The molecule has 11 heteroatoms. The van der Waals surface area contributed by atoms with Crippen LogP contribution in [0.2, 0.25) is 0 Å². The van der Waals surface area contributed by atoms with Crippen molar-refractivity contribution < 1.29 is 21.9 Å². The fourth-order valence-electron chi connectivity index (χ4n) is 3.95. The van der Waals surface area contributed by atoms with E-state index in [1.807, 2.05) is 6.07 Å². The predicted octanol–water partition coefficient (Wildman–Crippen LogP) is 2.82. The molecule has 4 aromatic rings. The fourth-order valence-corrected chi connectivity index (χ4v) is 5.87. The number of benzene rings is 3. The van der Waals surface area contributed by atoms with Crippen LogP contribution in [0, 0.1) is 0 Å². The van der Waals surface area contributed by atoms with E-state index in [2.05, 4.69) is 15.0 Å². The van der Waals surface area contributed by atoms with Crippen LogP contribution in [0.1, 0.15) is 17.2 Å². The molecule has 0 saturated heterocycles. The second kappa shape index (κ2) is 10.3. The van der Waals surface area contributed by atoms with E-state index in [0.717, 1.165) is 10.9 Å². The molecule has 0 fully saturated rings. The normalized spacial score (nSPS) is 13.1. The van der Waals surface area contributed by atoms with E-state index in [0.29, 0.717) is 35.4 Å². The maximum Gasteiger partial charge on any atom is 0.261 e. The van der Waals surface area contributed by atoms with Crippen LogP contribution in [0.3, 0.4) is 0 Å². The molecule has 0 radical (unpaired) electrons. The Hall–Kier alpha value is -3.38. The number of H-pyrrole nitrogens is 1. The number of aromatic amines is 1. The zero-order valence-corrected chi connectivity index (χ0v) is 21.2. The molecule has 0 bridgehead atoms. The molecular weight excluding hydrogens is 500 g/mol. The number of para-hydroxylation sites is 1. The number of aliphatic hydroxyl groups is 1. The first-order valence-corrected chi connectivity index (χ1v) is 14.6. The van der Waals surface area contributed by atoms with Crippen molar-refractivity contribution in [2.24, 2.45) is 0 Å². The third-order valence-electron chi connectivity index (χ3n) is 5.79. The van der Waals surface area contributed by atoms with Crippen LogP contribution in [0.15, 0.2) is 82.7 Å². The van der Waals surface area contributed by atoms with Crippen LogP contribution in [0.25, 0.3) is 10.9 Å². The highest BCUT2D eigenvalue weighted by atomic mass is 32.2. The molecule has 1 heterocycles. The van der Waals surface area contributed by atoms with Crippen LogP contribution < -0.4 is 15.8 Å². The van der Waals surface area contributed by atoms with Gasteiger partial charge in [-0.3, -0.25) is 4.72 Å². The van der Waals surface area contributed by atoms with Gasteiger partial charge in [0.05, 0.1) is 21.4 Å². The largest absolute Gasteiger partial charge is 0.399 e. The van der Waals surface area contributed by atoms with E-state index < -0.39 is 26.0 Å². The quantitative estimate of drug-likeness (QED) is 0.157. The lowest BCUT2D eigenvalue weighted by molar-refractivity contribution is 0.175. The third-order valence-corrected chi connectivity index (χ3v) is 8.32. The highest BCUT2D eigenvalue weighted by molar-refractivity contribution is 7.92. The minimum absolute atomic E-state index is 0.0882. The summed E-state index contributed by atoms with van der Waals surface area (Å²) in [5, 5.41) is 14.7. The third kappa shape index (κ3) is 5.88. The Kier molecular flexibility index (Phi) is 7.36. The maximum atomic E-state index is 12.6. The molecule has 4 rings (SSSR count). The minimum atomic E-state index is -3.79. The topological polar surface area (TPSA) is 154 Å². The fraction of sp³-hybridized carbons (Fsp3) is 0.200. The van der Waals surface area contributed by atoms with Crippen molar-refractivity contribution in [1.29, 1.82) is 0 Å². The Morgan fingerprint density at radius 3 is 2.44 bits per heavy atom. The Labute approximate surface area is 210 Å². The first-order chi connectivity index (χ1) is 17.0. The number of rotatable bonds is 10. The number of sulfonamides is 1. The molecule has 0 spiro atoms. The highest BCUT2D eigenvalue weighted by Gasteiger charge is 2.16. The van der Waals surface area contributed by atoms with Gasteiger partial charge in [0, 0.05) is 35.8 Å². The molecule has 0 aliphatic rings. The van der Waals surface area contributed by atoms with Crippen LogP contribution in [0.5, 0.6) is 0 Å². The number of hydrogen-bond donors (Lipinski definition) is 5. The minimum Gasteiger partial charge on any atom is -0.399 e. The molecule has 1 aromatic heterocycles. The van der Waals surface area contributed by atoms with E-state index in [1.54, 1.807) is 42.6 Å². The van der Waals surface area contributed by atoms with Gasteiger partial charge >= 0.3 is 0 Å². The van der Waals surface area contributed by atoms with Gasteiger partial charge in [-0.25, -0.2) is 16.8 Å². The maximum absolute atomic E-state index is 12.6. The number of nitrogens with one attached hydrogen (secondary N) is 3. The molecule has 190 valence electrons. The van der Waals surface area contributed by atoms with Crippen molar-refractivity contribution in [3.63, 3.8) is 0 Å². The van der Waals surface area contributed by atoms with Gasteiger partial charge in [0.2, 0.25) is 0 Å². The zero-order valence-electron chi connectivity index (χ0n) is 19.6. The predicted molar refractivity (Wildman–Crippen MR) is 141 cm³/mol. The summed E-state index contributed by atoms with van der Waals surface area (Å²) >= 11 is 0. The van der Waals surface area contributed by atoms with Crippen LogP contribution in [-0.2, 0) is 26.3 Å². The molecule has 0 saturated carbocycles. The molecule has 1 atom stereocenters. The summed E-state index contributed by atoms with van der Waals surface area (Å²) in [7, 11) is -7.14. The Bertz CT molecular complexity index is 1580. The number of nitrogens with two attached hydrogens (primary N) is 1. The number of aliphatic hydroxyl groups excluding tert-OH is 1. The van der Waals surface area contributed by atoms with Gasteiger partial charge in [0.25, 0.3) is 10.0 Å². The number of aromatic nitrogens is 1. The van der Waals surface area contributed by atoms with Crippen molar-refractivity contribution in [2.45, 2.75) is 22.3 Å². The van der Waals surface area contributed by atoms with Gasteiger partial charge in [-0.15, -0.1) is 0 Å². The van der Waals surface area contributed by atoms with Crippen LogP contribution in [-0.4, -0.2) is 46.3 Å². The van der Waals surface area contributed by atoms with Gasteiger partial charge in [-0.2, -0.15) is 0 Å². The molecule has 9 nitrogen and oxygen atoms in total. The lowest BCUT2D eigenvalue weighted by Crippen LogP contribution is -2.23. The molecule has 6 N–H and O–H groups in total. The highest BCUT2D eigenvalue weighted by Crippen LogP contribution is 2.25. The molecule has 0 amide bonds. The summed E-state index contributed by atoms with van der Waals surface area (Å²) in [6.45, 7) is 0.807. The van der Waals surface area contributed by atoms with Gasteiger partial charge in [-0.1, -0.05) is 24.3 Å². The lowest BCUT2D eigenvalue weighted by Gasteiger charge is -2.14. The van der Waals surface area contributed by atoms with Gasteiger partial charge < -0.3 is 21.1 Å². The molecular formula is C25H28N4O5S2. The Morgan fingerprint density at radius 2 is 1.72 bits per heavy atom. The summed E-state index contributed by atoms with van der Waals surface area (Å²) in [6, 6.07) is 17.7. The summed E-state index contributed by atoms with van der Waals surface area (Å²) in [4.78, 5) is 3.41. The van der Waals surface area contributed by atoms with Crippen molar-refractivity contribution in [2.75, 3.05) is 29.8 Å².